The summed E-state index contributed by atoms with van der Waals surface area (Å²) < 4.78 is 5.54. The zero-order valence-corrected chi connectivity index (χ0v) is 21.9. The molecule has 1 atom stereocenters. The standard InChI is InChI=1S/C27H28N4O5S/c1-17(2)36-26(33)24-18(3)28-27-30(25(24)20-10-12-21(13-11-20)31(34)35)22(16-37-27)14-23(32)29(4)15-19-8-6-5-7-9-19/h5-13,16-17,25H,14-15H2,1-4H3. The number of nitro groups is 1. The van der Waals surface area contributed by atoms with Gasteiger partial charge in [-0.1, -0.05) is 42.1 Å². The molecule has 0 bridgehead atoms. The summed E-state index contributed by atoms with van der Waals surface area (Å²) in [6, 6.07) is 15.2. The van der Waals surface area contributed by atoms with Gasteiger partial charge in [0.25, 0.3) is 5.69 Å². The zero-order chi connectivity index (χ0) is 26.7. The topological polar surface area (TPSA) is 105 Å². The minimum atomic E-state index is -0.645. The number of amides is 1. The number of nitrogens with zero attached hydrogens (tertiary/aromatic N) is 4. The van der Waals surface area contributed by atoms with Crippen molar-refractivity contribution < 1.29 is 19.2 Å². The first-order valence-electron chi connectivity index (χ1n) is 11.8. The first-order chi connectivity index (χ1) is 17.7. The Morgan fingerprint density at radius 2 is 1.84 bits per heavy atom. The van der Waals surface area contributed by atoms with E-state index in [1.165, 1.54) is 23.9 Å². The van der Waals surface area contributed by atoms with Gasteiger partial charge in [0.2, 0.25) is 5.91 Å². The van der Waals surface area contributed by atoms with Gasteiger partial charge in [-0.25, -0.2) is 9.79 Å². The number of benzene rings is 2. The molecule has 1 unspecified atom stereocenters. The molecule has 10 heteroatoms. The molecule has 0 saturated carbocycles. The summed E-state index contributed by atoms with van der Waals surface area (Å²) in [4.78, 5) is 45.3. The van der Waals surface area contributed by atoms with Crippen LogP contribution in [0.2, 0.25) is 0 Å². The molecule has 0 aliphatic carbocycles. The van der Waals surface area contributed by atoms with Crippen LogP contribution in [-0.2, 0) is 20.9 Å². The smallest absolute Gasteiger partial charge is 0.338 e. The van der Waals surface area contributed by atoms with E-state index in [1.807, 2.05) is 40.6 Å². The molecule has 2 aliphatic rings. The number of fused-ring (bicyclic) bond motifs is 1. The van der Waals surface area contributed by atoms with Crippen LogP contribution in [0, 0.1) is 10.1 Å². The van der Waals surface area contributed by atoms with Crippen molar-refractivity contribution in [2.75, 3.05) is 7.05 Å². The number of rotatable bonds is 8. The lowest BCUT2D eigenvalue weighted by Crippen LogP contribution is -2.38. The second-order valence-corrected chi connectivity index (χ2v) is 9.94. The van der Waals surface area contributed by atoms with Crippen molar-refractivity contribution in [2.45, 2.75) is 45.9 Å². The Bertz CT molecular complexity index is 1300. The highest BCUT2D eigenvalue weighted by molar-refractivity contribution is 8.16. The first kappa shape index (κ1) is 26.2. The van der Waals surface area contributed by atoms with Crippen LogP contribution in [0.15, 0.2) is 82.0 Å². The average Bonchev–Trinajstić information content (AvgIpc) is 3.25. The SMILES string of the molecule is CC1=C(C(=O)OC(C)C)C(c2ccc([N+](=O)[O-])cc2)N2C(CC(=O)N(C)Cc3ccccc3)=CSC2=N1. The number of esters is 1. The fourth-order valence-corrected chi connectivity index (χ4v) is 5.20. The van der Waals surface area contributed by atoms with Crippen LogP contribution < -0.4 is 0 Å². The van der Waals surface area contributed by atoms with Gasteiger partial charge in [0.05, 0.1) is 34.8 Å². The average molecular weight is 521 g/mol. The predicted molar refractivity (Wildman–Crippen MR) is 142 cm³/mol. The highest BCUT2D eigenvalue weighted by Gasteiger charge is 2.41. The molecule has 0 spiro atoms. The largest absolute Gasteiger partial charge is 0.459 e. The molecule has 1 amide bonds. The molecule has 0 radical (unpaired) electrons. The monoisotopic (exact) mass is 520 g/mol. The van der Waals surface area contributed by atoms with E-state index in [0.29, 0.717) is 34.2 Å². The number of carbonyl (C=O) groups is 2. The number of carbonyl (C=O) groups excluding carboxylic acids is 2. The summed E-state index contributed by atoms with van der Waals surface area (Å²) >= 11 is 1.38. The van der Waals surface area contributed by atoms with Crippen LogP contribution in [0.3, 0.4) is 0 Å². The second kappa shape index (κ2) is 11.0. The Morgan fingerprint density at radius 3 is 2.46 bits per heavy atom. The lowest BCUT2D eigenvalue weighted by atomic mass is 9.93. The van der Waals surface area contributed by atoms with Crippen LogP contribution in [0.5, 0.6) is 0 Å². The molecule has 0 aromatic heterocycles. The number of hydrogen-bond acceptors (Lipinski definition) is 8. The van der Waals surface area contributed by atoms with Gasteiger partial charge in [-0.15, -0.1) is 0 Å². The Kier molecular flexibility index (Phi) is 7.77. The highest BCUT2D eigenvalue weighted by Crippen LogP contribution is 2.45. The molecule has 2 aliphatic heterocycles. The van der Waals surface area contributed by atoms with Gasteiger partial charge in [0.1, 0.15) is 0 Å². The third kappa shape index (κ3) is 5.75. The van der Waals surface area contributed by atoms with E-state index >= 15 is 0 Å². The second-order valence-electron chi connectivity index (χ2n) is 9.11. The molecule has 2 aromatic rings. The molecular weight excluding hydrogens is 492 g/mol. The van der Waals surface area contributed by atoms with Crippen molar-refractivity contribution >= 4 is 34.5 Å². The van der Waals surface area contributed by atoms with Crippen LogP contribution in [-0.4, -0.2) is 44.9 Å². The number of aliphatic imine (C=N–C) groups is 1. The van der Waals surface area contributed by atoms with E-state index < -0.39 is 16.9 Å². The fourth-order valence-electron chi connectivity index (χ4n) is 4.24. The molecule has 4 rings (SSSR count). The Balaban J connectivity index is 1.66. The van der Waals surface area contributed by atoms with E-state index in [0.717, 1.165) is 5.56 Å². The van der Waals surface area contributed by atoms with E-state index in [9.17, 15) is 19.7 Å². The van der Waals surface area contributed by atoms with Crippen molar-refractivity contribution in [3.63, 3.8) is 0 Å². The Hall–Kier alpha value is -3.92. The molecule has 9 nitrogen and oxygen atoms in total. The molecular formula is C27H28N4O5S. The Labute approximate surface area is 219 Å². The quantitative estimate of drug-likeness (QED) is 0.269. The molecule has 192 valence electrons. The van der Waals surface area contributed by atoms with Crippen molar-refractivity contribution in [1.29, 1.82) is 0 Å². The molecule has 37 heavy (non-hydrogen) atoms. The lowest BCUT2D eigenvalue weighted by Gasteiger charge is -2.36. The van der Waals surface area contributed by atoms with E-state index in [2.05, 4.69) is 4.99 Å². The fraction of sp³-hybridized carbons (Fsp3) is 0.296. The van der Waals surface area contributed by atoms with Gasteiger partial charge in [0, 0.05) is 31.4 Å². The number of ether oxygens (including phenoxy) is 1. The third-order valence-corrected chi connectivity index (χ3v) is 6.89. The maximum atomic E-state index is 13.2. The van der Waals surface area contributed by atoms with Crippen LogP contribution >= 0.6 is 11.8 Å². The summed E-state index contributed by atoms with van der Waals surface area (Å²) in [5.74, 6) is -0.598. The Morgan fingerprint density at radius 1 is 1.16 bits per heavy atom. The zero-order valence-electron chi connectivity index (χ0n) is 21.1. The van der Waals surface area contributed by atoms with Crippen molar-refractivity contribution in [3.8, 4) is 0 Å². The number of amidine groups is 1. The number of thioether (sulfide) groups is 1. The molecule has 0 fully saturated rings. The normalized spacial score (nSPS) is 16.8. The first-order valence-corrected chi connectivity index (χ1v) is 12.7. The lowest BCUT2D eigenvalue weighted by molar-refractivity contribution is -0.384. The summed E-state index contributed by atoms with van der Waals surface area (Å²) in [7, 11) is 1.76. The number of non-ortho nitro benzene ring substituents is 1. The van der Waals surface area contributed by atoms with E-state index in [4.69, 9.17) is 4.74 Å². The van der Waals surface area contributed by atoms with Crippen molar-refractivity contribution in [2.24, 2.45) is 4.99 Å². The summed E-state index contributed by atoms with van der Waals surface area (Å²) in [5.41, 5.74) is 3.17. The van der Waals surface area contributed by atoms with E-state index in [1.54, 1.807) is 44.9 Å². The van der Waals surface area contributed by atoms with Gasteiger partial charge in [-0.2, -0.15) is 0 Å². The van der Waals surface area contributed by atoms with Gasteiger partial charge in [0.15, 0.2) is 5.17 Å². The number of allylic oxidation sites excluding steroid dienone is 1. The minimum Gasteiger partial charge on any atom is -0.459 e. The maximum absolute atomic E-state index is 13.2. The highest BCUT2D eigenvalue weighted by atomic mass is 32.2. The third-order valence-electron chi connectivity index (χ3n) is 6.00. The van der Waals surface area contributed by atoms with Gasteiger partial charge >= 0.3 is 5.97 Å². The van der Waals surface area contributed by atoms with Gasteiger partial charge < -0.3 is 14.5 Å². The maximum Gasteiger partial charge on any atom is 0.338 e. The van der Waals surface area contributed by atoms with Crippen LogP contribution in [0.4, 0.5) is 5.69 Å². The summed E-state index contributed by atoms with van der Waals surface area (Å²) in [6.07, 6.45) is -0.239. The van der Waals surface area contributed by atoms with Crippen molar-refractivity contribution in [1.82, 2.24) is 9.80 Å². The summed E-state index contributed by atoms with van der Waals surface area (Å²) in [6.45, 7) is 5.75. The molecule has 2 heterocycles. The minimum absolute atomic E-state index is 0.0512. The number of hydrogen-bond donors (Lipinski definition) is 0. The number of nitro benzene ring substituents is 1. The van der Waals surface area contributed by atoms with Gasteiger partial charge in [-0.05, 0) is 49.4 Å². The van der Waals surface area contributed by atoms with Crippen molar-refractivity contribution in [3.05, 3.63) is 98.2 Å². The van der Waals surface area contributed by atoms with E-state index in [-0.39, 0.29) is 24.1 Å². The van der Waals surface area contributed by atoms with Crippen LogP contribution in [0.1, 0.15) is 44.4 Å². The molecule has 0 saturated heterocycles. The predicted octanol–water partition coefficient (Wildman–Crippen LogP) is 5.17. The van der Waals surface area contributed by atoms with Gasteiger partial charge in [-0.3, -0.25) is 14.9 Å². The summed E-state index contributed by atoms with van der Waals surface area (Å²) in [5, 5.41) is 13.7. The molecule has 2 aromatic carbocycles. The van der Waals surface area contributed by atoms with Crippen LogP contribution in [0.25, 0.3) is 0 Å². The molecule has 0 N–H and O–H groups in total.